The van der Waals surface area contributed by atoms with Gasteiger partial charge in [-0.15, -0.1) is 0 Å². The van der Waals surface area contributed by atoms with E-state index in [1.165, 1.54) is 11.8 Å². The van der Waals surface area contributed by atoms with Crippen molar-refractivity contribution in [2.24, 2.45) is 0 Å². The lowest BCUT2D eigenvalue weighted by atomic mass is 10.2. The molecule has 0 saturated heterocycles. The highest BCUT2D eigenvalue weighted by atomic mass is 35.5. The molecular weight excluding hydrogens is 420 g/mol. The van der Waals surface area contributed by atoms with Gasteiger partial charge in [0.25, 0.3) is 5.56 Å². The van der Waals surface area contributed by atoms with Crippen LogP contribution in [0.1, 0.15) is 5.56 Å². The molecule has 0 bridgehead atoms. The number of halogens is 1. The molecule has 0 saturated carbocycles. The summed E-state index contributed by atoms with van der Waals surface area (Å²) in [7, 11) is 3.14. The summed E-state index contributed by atoms with van der Waals surface area (Å²) < 4.78 is 12.4. The van der Waals surface area contributed by atoms with Crippen molar-refractivity contribution in [3.8, 4) is 17.2 Å². The summed E-state index contributed by atoms with van der Waals surface area (Å²) in [6.07, 6.45) is 0. The highest BCUT2D eigenvalue weighted by Crippen LogP contribution is 2.31. The summed E-state index contributed by atoms with van der Waals surface area (Å²) in [6, 6.07) is 20.4. The van der Waals surface area contributed by atoms with E-state index in [9.17, 15) is 4.79 Å². The van der Waals surface area contributed by atoms with Gasteiger partial charge in [0, 0.05) is 16.8 Å². The van der Waals surface area contributed by atoms with E-state index >= 15 is 0 Å². The molecule has 0 aliphatic heterocycles. The highest BCUT2D eigenvalue weighted by molar-refractivity contribution is 7.98. The van der Waals surface area contributed by atoms with Gasteiger partial charge in [0.15, 0.2) is 16.7 Å². The summed E-state index contributed by atoms with van der Waals surface area (Å²) in [4.78, 5) is 18.2. The number of rotatable bonds is 6. The maximum atomic E-state index is 13.4. The van der Waals surface area contributed by atoms with E-state index in [0.717, 1.165) is 5.56 Å². The average Bonchev–Trinajstić information content (AvgIpc) is 2.77. The van der Waals surface area contributed by atoms with Crippen LogP contribution in [0.2, 0.25) is 5.02 Å². The van der Waals surface area contributed by atoms with Gasteiger partial charge in [0.2, 0.25) is 0 Å². The van der Waals surface area contributed by atoms with Crippen molar-refractivity contribution in [2.45, 2.75) is 10.9 Å². The standard InChI is InChI=1S/C23H19ClN2O3S/c1-28-20-11-10-17(13-21(20)29-2)26-22(27)18-8-3-4-9-19(18)25-23(26)30-14-15-6-5-7-16(24)12-15/h3-13H,14H2,1-2H3. The lowest BCUT2D eigenvalue weighted by molar-refractivity contribution is 0.354. The van der Waals surface area contributed by atoms with Gasteiger partial charge in [-0.25, -0.2) is 4.98 Å². The smallest absolute Gasteiger partial charge is 0.266 e. The van der Waals surface area contributed by atoms with Gasteiger partial charge in [-0.3, -0.25) is 9.36 Å². The fraction of sp³-hybridized carbons (Fsp3) is 0.130. The number of aromatic nitrogens is 2. The number of fused-ring (bicyclic) bond motifs is 1. The Morgan fingerprint density at radius 2 is 1.77 bits per heavy atom. The number of hydrogen-bond donors (Lipinski definition) is 0. The fourth-order valence-electron chi connectivity index (χ4n) is 3.18. The van der Waals surface area contributed by atoms with E-state index in [1.54, 1.807) is 37.0 Å². The minimum absolute atomic E-state index is 0.138. The lowest BCUT2D eigenvalue weighted by Crippen LogP contribution is -2.21. The van der Waals surface area contributed by atoms with E-state index in [0.29, 0.717) is 44.0 Å². The first-order valence-electron chi connectivity index (χ1n) is 9.22. The van der Waals surface area contributed by atoms with Crippen LogP contribution in [0, 0.1) is 0 Å². The van der Waals surface area contributed by atoms with Gasteiger partial charge < -0.3 is 9.47 Å². The molecule has 1 aromatic heterocycles. The summed E-state index contributed by atoms with van der Waals surface area (Å²) in [6.45, 7) is 0. The molecule has 0 N–H and O–H groups in total. The first kappa shape index (κ1) is 20.3. The van der Waals surface area contributed by atoms with Gasteiger partial charge in [-0.05, 0) is 42.0 Å². The van der Waals surface area contributed by atoms with Crippen LogP contribution in [-0.2, 0) is 5.75 Å². The minimum atomic E-state index is -0.138. The Balaban J connectivity index is 1.85. The number of benzene rings is 3. The second-order valence-electron chi connectivity index (χ2n) is 6.51. The normalized spacial score (nSPS) is 10.9. The Morgan fingerprint density at radius 1 is 0.967 bits per heavy atom. The predicted octanol–water partition coefficient (Wildman–Crippen LogP) is 5.35. The maximum Gasteiger partial charge on any atom is 0.266 e. The second kappa shape index (κ2) is 8.81. The second-order valence-corrected chi connectivity index (χ2v) is 7.89. The van der Waals surface area contributed by atoms with E-state index in [1.807, 2.05) is 48.5 Å². The van der Waals surface area contributed by atoms with E-state index < -0.39 is 0 Å². The molecular formula is C23H19ClN2O3S. The van der Waals surface area contributed by atoms with Crippen LogP contribution in [0.3, 0.4) is 0 Å². The number of hydrogen-bond acceptors (Lipinski definition) is 5. The van der Waals surface area contributed by atoms with Crippen molar-refractivity contribution < 1.29 is 9.47 Å². The van der Waals surface area contributed by atoms with Crippen LogP contribution in [-0.4, -0.2) is 23.8 Å². The zero-order chi connectivity index (χ0) is 21.1. The Hall–Kier alpha value is -2.96. The third kappa shape index (κ3) is 4.01. The van der Waals surface area contributed by atoms with Crippen LogP contribution in [0.15, 0.2) is 76.7 Å². The third-order valence-corrected chi connectivity index (χ3v) is 5.87. The molecule has 7 heteroatoms. The van der Waals surface area contributed by atoms with Crippen LogP contribution in [0.25, 0.3) is 16.6 Å². The van der Waals surface area contributed by atoms with Gasteiger partial charge in [-0.2, -0.15) is 0 Å². The Bertz CT molecular complexity index is 1270. The van der Waals surface area contributed by atoms with Crippen LogP contribution in [0.4, 0.5) is 0 Å². The summed E-state index contributed by atoms with van der Waals surface area (Å²) >= 11 is 7.59. The largest absolute Gasteiger partial charge is 0.493 e. The third-order valence-electron chi connectivity index (χ3n) is 4.63. The van der Waals surface area contributed by atoms with Crippen molar-refractivity contribution >= 4 is 34.3 Å². The van der Waals surface area contributed by atoms with Crippen molar-refractivity contribution in [3.63, 3.8) is 0 Å². The summed E-state index contributed by atoms with van der Waals surface area (Å²) in [5, 5.41) is 1.82. The van der Waals surface area contributed by atoms with Crippen molar-refractivity contribution in [1.29, 1.82) is 0 Å². The molecule has 0 fully saturated rings. The molecule has 5 nitrogen and oxygen atoms in total. The summed E-state index contributed by atoms with van der Waals surface area (Å²) in [5.41, 5.74) is 2.23. The van der Waals surface area contributed by atoms with Crippen molar-refractivity contribution in [1.82, 2.24) is 9.55 Å². The molecule has 0 amide bonds. The quantitative estimate of drug-likeness (QED) is 0.300. The molecule has 0 radical (unpaired) electrons. The van der Waals surface area contributed by atoms with Crippen LogP contribution >= 0.6 is 23.4 Å². The molecule has 0 atom stereocenters. The fourth-order valence-corrected chi connectivity index (χ4v) is 4.34. The molecule has 1 heterocycles. The topological polar surface area (TPSA) is 53.4 Å². The van der Waals surface area contributed by atoms with E-state index in [-0.39, 0.29) is 5.56 Å². The van der Waals surface area contributed by atoms with Gasteiger partial charge >= 0.3 is 0 Å². The SMILES string of the molecule is COc1ccc(-n2c(SCc3cccc(Cl)c3)nc3ccccc3c2=O)cc1OC. The first-order valence-corrected chi connectivity index (χ1v) is 10.6. The van der Waals surface area contributed by atoms with Crippen molar-refractivity contribution in [3.05, 3.63) is 87.7 Å². The van der Waals surface area contributed by atoms with Crippen LogP contribution < -0.4 is 15.0 Å². The lowest BCUT2D eigenvalue weighted by Gasteiger charge is -2.15. The molecule has 0 spiro atoms. The van der Waals surface area contributed by atoms with Gasteiger partial charge in [-0.1, -0.05) is 47.6 Å². The Labute approximate surface area is 183 Å². The molecule has 0 unspecified atom stereocenters. The van der Waals surface area contributed by atoms with E-state index in [4.69, 9.17) is 26.1 Å². The molecule has 0 aliphatic rings. The molecule has 30 heavy (non-hydrogen) atoms. The zero-order valence-corrected chi connectivity index (χ0v) is 18.0. The van der Waals surface area contributed by atoms with E-state index in [2.05, 4.69) is 0 Å². The molecule has 3 aromatic carbocycles. The molecule has 0 aliphatic carbocycles. The number of para-hydroxylation sites is 1. The maximum absolute atomic E-state index is 13.4. The Morgan fingerprint density at radius 3 is 2.53 bits per heavy atom. The number of thioether (sulfide) groups is 1. The minimum Gasteiger partial charge on any atom is -0.493 e. The molecule has 4 rings (SSSR count). The average molecular weight is 439 g/mol. The predicted molar refractivity (Wildman–Crippen MR) is 121 cm³/mol. The summed E-state index contributed by atoms with van der Waals surface area (Å²) in [5.74, 6) is 1.76. The zero-order valence-electron chi connectivity index (χ0n) is 16.5. The number of nitrogens with zero attached hydrogens (tertiary/aromatic N) is 2. The highest BCUT2D eigenvalue weighted by Gasteiger charge is 2.15. The van der Waals surface area contributed by atoms with Crippen molar-refractivity contribution in [2.75, 3.05) is 14.2 Å². The van der Waals surface area contributed by atoms with Gasteiger partial charge in [0.1, 0.15) is 0 Å². The molecule has 152 valence electrons. The monoisotopic (exact) mass is 438 g/mol. The number of methoxy groups -OCH3 is 2. The van der Waals surface area contributed by atoms with Crippen LogP contribution in [0.5, 0.6) is 11.5 Å². The first-order chi connectivity index (χ1) is 14.6. The molecule has 4 aromatic rings. The number of ether oxygens (including phenoxy) is 2. The van der Waals surface area contributed by atoms with Gasteiger partial charge in [0.05, 0.1) is 30.8 Å². The Kier molecular flexibility index (Phi) is 5.97.